The summed E-state index contributed by atoms with van der Waals surface area (Å²) in [6, 6.07) is 1.74. The largest absolute Gasteiger partial charge is 0.384 e. The lowest BCUT2D eigenvalue weighted by Gasteiger charge is -2.10. The molecule has 5 nitrogen and oxygen atoms in total. The number of hydrogen-bond acceptors (Lipinski definition) is 5. The molecule has 0 aromatic carbocycles. The van der Waals surface area contributed by atoms with Gasteiger partial charge in [0.2, 0.25) is 0 Å². The van der Waals surface area contributed by atoms with E-state index in [0.29, 0.717) is 12.4 Å². The summed E-state index contributed by atoms with van der Waals surface area (Å²) in [6.45, 7) is 7.51. The number of nitrogens with one attached hydrogen (secondary N) is 1. The van der Waals surface area contributed by atoms with E-state index in [1.165, 1.54) is 0 Å². The van der Waals surface area contributed by atoms with Crippen molar-refractivity contribution in [1.29, 1.82) is 0 Å². The van der Waals surface area contributed by atoms with Crippen LogP contribution in [-0.4, -0.2) is 29.2 Å². The Morgan fingerprint density at radius 1 is 1.41 bits per heavy atom. The maximum atomic E-state index is 5.72. The SMILES string of the molecule is CCCc1nc(N)cc(NCCOC(C)C)n1. The van der Waals surface area contributed by atoms with Crippen LogP contribution in [0.2, 0.25) is 0 Å². The molecule has 0 aliphatic carbocycles. The Balaban J connectivity index is 2.46. The normalized spacial score (nSPS) is 10.8. The summed E-state index contributed by atoms with van der Waals surface area (Å²) in [4.78, 5) is 8.56. The topological polar surface area (TPSA) is 73.1 Å². The maximum absolute atomic E-state index is 5.72. The van der Waals surface area contributed by atoms with E-state index in [2.05, 4.69) is 22.2 Å². The van der Waals surface area contributed by atoms with Gasteiger partial charge in [0.15, 0.2) is 0 Å². The van der Waals surface area contributed by atoms with Gasteiger partial charge < -0.3 is 15.8 Å². The quantitative estimate of drug-likeness (QED) is 0.709. The third kappa shape index (κ3) is 5.49. The van der Waals surface area contributed by atoms with E-state index in [4.69, 9.17) is 10.5 Å². The van der Waals surface area contributed by atoms with Gasteiger partial charge >= 0.3 is 0 Å². The van der Waals surface area contributed by atoms with Gasteiger partial charge in [0.1, 0.15) is 17.5 Å². The van der Waals surface area contributed by atoms with E-state index in [9.17, 15) is 0 Å². The Morgan fingerprint density at radius 2 is 2.18 bits per heavy atom. The number of nitrogen functional groups attached to an aromatic ring is 1. The minimum Gasteiger partial charge on any atom is -0.384 e. The molecular formula is C12H22N4O. The molecule has 0 atom stereocenters. The zero-order chi connectivity index (χ0) is 12.7. The van der Waals surface area contributed by atoms with Gasteiger partial charge in [-0.3, -0.25) is 0 Å². The van der Waals surface area contributed by atoms with Crippen molar-refractivity contribution in [2.45, 2.75) is 39.7 Å². The number of nitrogens with zero attached hydrogens (tertiary/aromatic N) is 2. The van der Waals surface area contributed by atoms with Crippen LogP contribution >= 0.6 is 0 Å². The van der Waals surface area contributed by atoms with Crippen LogP contribution in [0.5, 0.6) is 0 Å². The highest BCUT2D eigenvalue weighted by molar-refractivity contribution is 5.44. The van der Waals surface area contributed by atoms with Gasteiger partial charge in [-0.05, 0) is 20.3 Å². The predicted molar refractivity (Wildman–Crippen MR) is 70.0 cm³/mol. The summed E-state index contributed by atoms with van der Waals surface area (Å²) in [5.74, 6) is 2.07. The second kappa shape index (κ2) is 7.06. The second-order valence-corrected chi connectivity index (χ2v) is 4.19. The van der Waals surface area contributed by atoms with Crippen LogP contribution in [0.3, 0.4) is 0 Å². The summed E-state index contributed by atoms with van der Waals surface area (Å²) < 4.78 is 5.43. The van der Waals surface area contributed by atoms with Crippen LogP contribution in [0.15, 0.2) is 6.07 Å². The highest BCUT2D eigenvalue weighted by Crippen LogP contribution is 2.09. The maximum Gasteiger partial charge on any atom is 0.133 e. The molecule has 17 heavy (non-hydrogen) atoms. The van der Waals surface area contributed by atoms with Gasteiger partial charge in [0.25, 0.3) is 0 Å². The van der Waals surface area contributed by atoms with Crippen LogP contribution < -0.4 is 11.1 Å². The van der Waals surface area contributed by atoms with Crippen molar-refractivity contribution >= 4 is 11.6 Å². The smallest absolute Gasteiger partial charge is 0.133 e. The number of nitrogens with two attached hydrogens (primary N) is 1. The summed E-state index contributed by atoms with van der Waals surface area (Å²) in [6.07, 6.45) is 2.12. The fourth-order valence-corrected chi connectivity index (χ4v) is 1.42. The Bertz CT molecular complexity index is 341. The first-order valence-corrected chi connectivity index (χ1v) is 6.10. The minimum absolute atomic E-state index is 0.253. The van der Waals surface area contributed by atoms with E-state index < -0.39 is 0 Å². The van der Waals surface area contributed by atoms with Crippen molar-refractivity contribution in [1.82, 2.24) is 9.97 Å². The van der Waals surface area contributed by atoms with Crippen molar-refractivity contribution in [2.24, 2.45) is 0 Å². The van der Waals surface area contributed by atoms with Crippen LogP contribution in [0.4, 0.5) is 11.6 Å². The Hall–Kier alpha value is -1.36. The van der Waals surface area contributed by atoms with Crippen LogP contribution in [0, 0.1) is 0 Å². The van der Waals surface area contributed by atoms with Gasteiger partial charge in [-0.1, -0.05) is 6.92 Å². The Morgan fingerprint density at radius 3 is 2.82 bits per heavy atom. The molecular weight excluding hydrogens is 216 g/mol. The lowest BCUT2D eigenvalue weighted by atomic mass is 10.3. The van der Waals surface area contributed by atoms with Crippen molar-refractivity contribution in [3.8, 4) is 0 Å². The van der Waals surface area contributed by atoms with Gasteiger partial charge in [0.05, 0.1) is 12.7 Å². The first-order chi connectivity index (χ1) is 8.11. The van der Waals surface area contributed by atoms with Crippen molar-refractivity contribution in [3.05, 3.63) is 11.9 Å². The monoisotopic (exact) mass is 238 g/mol. The minimum atomic E-state index is 0.253. The summed E-state index contributed by atoms with van der Waals surface area (Å²) in [7, 11) is 0. The molecule has 0 unspecified atom stereocenters. The molecule has 0 spiro atoms. The van der Waals surface area contributed by atoms with E-state index in [1.54, 1.807) is 6.07 Å². The third-order valence-electron chi connectivity index (χ3n) is 2.13. The average Bonchev–Trinajstić information content (AvgIpc) is 2.24. The van der Waals surface area contributed by atoms with Gasteiger partial charge in [-0.2, -0.15) is 0 Å². The van der Waals surface area contributed by atoms with Crippen LogP contribution in [0.1, 0.15) is 33.0 Å². The third-order valence-corrected chi connectivity index (χ3v) is 2.13. The van der Waals surface area contributed by atoms with Crippen molar-refractivity contribution < 1.29 is 4.74 Å². The molecule has 0 radical (unpaired) electrons. The fraction of sp³-hybridized carbons (Fsp3) is 0.667. The predicted octanol–water partition coefficient (Wildman–Crippen LogP) is 1.85. The Labute approximate surface area is 103 Å². The van der Waals surface area contributed by atoms with E-state index >= 15 is 0 Å². The molecule has 0 saturated carbocycles. The molecule has 96 valence electrons. The lowest BCUT2D eigenvalue weighted by Crippen LogP contribution is -2.14. The number of aryl methyl sites for hydroxylation is 1. The molecule has 0 aliphatic heterocycles. The van der Waals surface area contributed by atoms with Crippen LogP contribution in [0.25, 0.3) is 0 Å². The molecule has 0 amide bonds. The molecule has 0 aliphatic rings. The van der Waals surface area contributed by atoms with E-state index in [1.807, 2.05) is 13.8 Å². The standard InChI is InChI=1S/C12H22N4O/c1-4-5-11-15-10(13)8-12(16-11)14-6-7-17-9(2)3/h8-9H,4-7H2,1-3H3,(H3,13,14,15,16). The Kier molecular flexibility index (Phi) is 5.69. The first kappa shape index (κ1) is 13.7. The number of ether oxygens (including phenoxy) is 1. The molecule has 0 bridgehead atoms. The molecule has 3 N–H and O–H groups in total. The number of anilines is 2. The first-order valence-electron chi connectivity index (χ1n) is 6.10. The number of hydrogen-bond donors (Lipinski definition) is 2. The molecule has 1 aromatic heterocycles. The van der Waals surface area contributed by atoms with Gasteiger partial charge in [-0.15, -0.1) is 0 Å². The molecule has 1 heterocycles. The van der Waals surface area contributed by atoms with Crippen LogP contribution in [-0.2, 0) is 11.2 Å². The molecule has 0 saturated heterocycles. The zero-order valence-corrected chi connectivity index (χ0v) is 10.9. The lowest BCUT2D eigenvalue weighted by molar-refractivity contribution is 0.0870. The van der Waals surface area contributed by atoms with Crippen molar-refractivity contribution in [2.75, 3.05) is 24.2 Å². The van der Waals surface area contributed by atoms with E-state index in [0.717, 1.165) is 31.0 Å². The summed E-state index contributed by atoms with van der Waals surface area (Å²) in [5.41, 5.74) is 5.72. The van der Waals surface area contributed by atoms with E-state index in [-0.39, 0.29) is 6.10 Å². The highest BCUT2D eigenvalue weighted by Gasteiger charge is 2.01. The summed E-state index contributed by atoms with van der Waals surface area (Å²) >= 11 is 0. The highest BCUT2D eigenvalue weighted by atomic mass is 16.5. The number of aromatic nitrogens is 2. The summed E-state index contributed by atoms with van der Waals surface area (Å²) in [5, 5.41) is 3.18. The molecule has 5 heteroatoms. The number of rotatable bonds is 7. The van der Waals surface area contributed by atoms with Crippen molar-refractivity contribution in [3.63, 3.8) is 0 Å². The fourth-order valence-electron chi connectivity index (χ4n) is 1.42. The molecule has 0 fully saturated rings. The second-order valence-electron chi connectivity index (χ2n) is 4.19. The van der Waals surface area contributed by atoms with Gasteiger partial charge in [-0.25, -0.2) is 9.97 Å². The average molecular weight is 238 g/mol. The van der Waals surface area contributed by atoms with Gasteiger partial charge in [0, 0.05) is 19.0 Å². The molecule has 1 aromatic rings. The zero-order valence-electron chi connectivity index (χ0n) is 10.9. The molecule has 1 rings (SSSR count).